The number of anilines is 3. The maximum absolute atomic E-state index is 13.3. The van der Waals surface area contributed by atoms with Gasteiger partial charge in [0.25, 0.3) is 5.91 Å². The third kappa shape index (κ3) is 4.26. The number of alkyl halides is 1. The second kappa shape index (κ2) is 8.18. The fraction of sp³-hybridized carbons (Fsp3) is 0.333. The molecule has 1 amide bonds. The first-order valence-electron chi connectivity index (χ1n) is 8.52. The van der Waals surface area contributed by atoms with Crippen LogP contribution in [-0.4, -0.2) is 46.6 Å². The molecule has 0 radical (unpaired) electrons. The van der Waals surface area contributed by atoms with Crippen molar-refractivity contribution < 1.29 is 9.18 Å². The van der Waals surface area contributed by atoms with E-state index in [1.54, 1.807) is 12.1 Å². The summed E-state index contributed by atoms with van der Waals surface area (Å²) in [6, 6.07) is 6.82. The maximum Gasteiger partial charge on any atom is 0.254 e. The van der Waals surface area contributed by atoms with Crippen molar-refractivity contribution in [1.82, 2.24) is 14.9 Å². The standard InChI is InChI=1S/C18H18ClFN6O/c1-2-22-16-12(8-21)9-23-18(25-16)24-15-4-3-11(7-14(15)19)17(27)26-6-5-13(20)10-26/h3-4,7,9,13H,2,5-6,10H2,1H3,(H2,22,23,24,25). The van der Waals surface area contributed by atoms with Crippen LogP contribution in [0, 0.1) is 11.3 Å². The van der Waals surface area contributed by atoms with Crippen LogP contribution in [0.3, 0.4) is 0 Å². The molecule has 0 spiro atoms. The Morgan fingerprint density at radius 1 is 1.52 bits per heavy atom. The summed E-state index contributed by atoms with van der Waals surface area (Å²) in [6.45, 7) is 3.03. The van der Waals surface area contributed by atoms with E-state index in [2.05, 4.69) is 20.6 Å². The quantitative estimate of drug-likeness (QED) is 0.815. The number of hydrogen-bond acceptors (Lipinski definition) is 6. The van der Waals surface area contributed by atoms with Crippen molar-refractivity contribution in [2.75, 3.05) is 30.3 Å². The third-order valence-corrected chi connectivity index (χ3v) is 4.45. The number of carbonyl (C=O) groups is 1. The van der Waals surface area contributed by atoms with Gasteiger partial charge in [-0.15, -0.1) is 0 Å². The van der Waals surface area contributed by atoms with Gasteiger partial charge in [-0.2, -0.15) is 10.2 Å². The van der Waals surface area contributed by atoms with E-state index in [0.717, 1.165) is 0 Å². The molecule has 7 nitrogen and oxygen atoms in total. The van der Waals surface area contributed by atoms with E-state index in [1.807, 2.05) is 13.0 Å². The summed E-state index contributed by atoms with van der Waals surface area (Å²) in [5.74, 6) is 0.452. The molecule has 2 heterocycles. The van der Waals surface area contributed by atoms with Crippen LogP contribution in [0.15, 0.2) is 24.4 Å². The number of nitrogens with one attached hydrogen (secondary N) is 2. The lowest BCUT2D eigenvalue weighted by Crippen LogP contribution is -2.28. The molecule has 140 valence electrons. The molecule has 3 rings (SSSR count). The normalized spacial score (nSPS) is 16.1. The van der Waals surface area contributed by atoms with Gasteiger partial charge in [0.15, 0.2) is 0 Å². The van der Waals surface area contributed by atoms with Crippen LogP contribution in [0.25, 0.3) is 0 Å². The molecule has 27 heavy (non-hydrogen) atoms. The Morgan fingerprint density at radius 2 is 2.33 bits per heavy atom. The molecule has 9 heteroatoms. The van der Waals surface area contributed by atoms with Gasteiger partial charge in [-0.3, -0.25) is 4.79 Å². The molecular weight excluding hydrogens is 371 g/mol. The van der Waals surface area contributed by atoms with Gasteiger partial charge in [0, 0.05) is 18.7 Å². The highest BCUT2D eigenvalue weighted by Gasteiger charge is 2.26. The summed E-state index contributed by atoms with van der Waals surface area (Å²) in [7, 11) is 0. The van der Waals surface area contributed by atoms with E-state index < -0.39 is 6.17 Å². The minimum absolute atomic E-state index is 0.114. The first-order valence-corrected chi connectivity index (χ1v) is 8.90. The largest absolute Gasteiger partial charge is 0.369 e. The molecule has 1 fully saturated rings. The van der Waals surface area contributed by atoms with Gasteiger partial charge in [0.05, 0.1) is 23.5 Å². The lowest BCUT2D eigenvalue weighted by Gasteiger charge is -2.16. The number of rotatable bonds is 5. The van der Waals surface area contributed by atoms with Crippen molar-refractivity contribution in [3.63, 3.8) is 0 Å². The van der Waals surface area contributed by atoms with Crippen LogP contribution in [0.4, 0.5) is 21.8 Å². The van der Waals surface area contributed by atoms with E-state index in [-0.39, 0.29) is 18.4 Å². The number of amides is 1. The lowest BCUT2D eigenvalue weighted by atomic mass is 10.2. The van der Waals surface area contributed by atoms with E-state index in [0.29, 0.717) is 47.2 Å². The first-order chi connectivity index (χ1) is 13.0. The van der Waals surface area contributed by atoms with Crippen LogP contribution in [0.5, 0.6) is 0 Å². The molecule has 0 aliphatic carbocycles. The summed E-state index contributed by atoms with van der Waals surface area (Å²) in [5.41, 5.74) is 1.25. The Hall–Kier alpha value is -2.92. The fourth-order valence-corrected chi connectivity index (χ4v) is 3.01. The molecule has 1 aromatic heterocycles. The van der Waals surface area contributed by atoms with Gasteiger partial charge in [0.2, 0.25) is 5.95 Å². The molecule has 0 bridgehead atoms. The van der Waals surface area contributed by atoms with Crippen molar-refractivity contribution in [2.24, 2.45) is 0 Å². The van der Waals surface area contributed by atoms with Gasteiger partial charge < -0.3 is 15.5 Å². The lowest BCUT2D eigenvalue weighted by molar-refractivity contribution is 0.0783. The smallest absolute Gasteiger partial charge is 0.254 e. The highest BCUT2D eigenvalue weighted by atomic mass is 35.5. The molecular formula is C18H18ClFN6O. The Morgan fingerprint density at radius 3 is 2.96 bits per heavy atom. The number of aromatic nitrogens is 2. The van der Waals surface area contributed by atoms with E-state index in [9.17, 15) is 9.18 Å². The van der Waals surface area contributed by atoms with Gasteiger partial charge in [-0.1, -0.05) is 11.6 Å². The van der Waals surface area contributed by atoms with Crippen molar-refractivity contribution in [3.05, 3.63) is 40.5 Å². The Bertz CT molecular complexity index is 900. The number of nitriles is 1. The van der Waals surface area contributed by atoms with Crippen LogP contribution in [-0.2, 0) is 0 Å². The van der Waals surface area contributed by atoms with E-state index in [4.69, 9.17) is 16.9 Å². The zero-order chi connectivity index (χ0) is 19.4. The predicted octanol–water partition coefficient (Wildman–Crippen LogP) is 3.36. The minimum Gasteiger partial charge on any atom is -0.369 e. The Labute approximate surface area is 161 Å². The van der Waals surface area contributed by atoms with Crippen LogP contribution in [0.2, 0.25) is 5.02 Å². The Balaban J connectivity index is 1.78. The molecule has 1 aromatic carbocycles. The molecule has 1 saturated heterocycles. The van der Waals surface area contributed by atoms with Crippen molar-refractivity contribution >= 4 is 35.0 Å². The molecule has 2 aromatic rings. The minimum atomic E-state index is -0.968. The average Bonchev–Trinajstić information content (AvgIpc) is 3.10. The number of benzene rings is 1. The number of halogens is 2. The summed E-state index contributed by atoms with van der Waals surface area (Å²) in [6.07, 6.45) is 0.813. The zero-order valence-electron chi connectivity index (χ0n) is 14.7. The third-order valence-electron chi connectivity index (χ3n) is 4.13. The highest BCUT2D eigenvalue weighted by Crippen LogP contribution is 2.27. The van der Waals surface area contributed by atoms with Crippen LogP contribution in [0.1, 0.15) is 29.3 Å². The van der Waals surface area contributed by atoms with Crippen molar-refractivity contribution in [2.45, 2.75) is 19.5 Å². The second-order valence-corrected chi connectivity index (χ2v) is 6.46. The summed E-state index contributed by atoms with van der Waals surface area (Å²) in [5, 5.41) is 15.4. The molecule has 0 saturated carbocycles. The van der Waals surface area contributed by atoms with Crippen LogP contribution >= 0.6 is 11.6 Å². The Kier molecular flexibility index (Phi) is 5.72. The zero-order valence-corrected chi connectivity index (χ0v) is 15.4. The van der Waals surface area contributed by atoms with Gasteiger partial charge in [-0.25, -0.2) is 9.37 Å². The van der Waals surface area contributed by atoms with Gasteiger partial charge >= 0.3 is 0 Å². The number of hydrogen-bond donors (Lipinski definition) is 2. The molecule has 1 aliphatic heterocycles. The second-order valence-electron chi connectivity index (χ2n) is 6.05. The topological polar surface area (TPSA) is 93.9 Å². The summed E-state index contributed by atoms with van der Waals surface area (Å²) in [4.78, 5) is 22.3. The summed E-state index contributed by atoms with van der Waals surface area (Å²) >= 11 is 6.29. The highest BCUT2D eigenvalue weighted by molar-refractivity contribution is 6.33. The SMILES string of the molecule is CCNc1nc(Nc2ccc(C(=O)N3CCC(F)C3)cc2Cl)ncc1C#N. The van der Waals surface area contributed by atoms with Gasteiger partial charge in [-0.05, 0) is 31.5 Å². The maximum atomic E-state index is 13.3. The number of likely N-dealkylation sites (tertiary alicyclic amines) is 1. The monoisotopic (exact) mass is 388 g/mol. The molecule has 1 aliphatic rings. The van der Waals surface area contributed by atoms with E-state index >= 15 is 0 Å². The average molecular weight is 389 g/mol. The molecule has 2 N–H and O–H groups in total. The number of nitrogens with zero attached hydrogens (tertiary/aromatic N) is 4. The van der Waals surface area contributed by atoms with Crippen LogP contribution < -0.4 is 10.6 Å². The first kappa shape index (κ1) is 18.9. The summed E-state index contributed by atoms with van der Waals surface area (Å²) < 4.78 is 13.3. The van der Waals surface area contributed by atoms with E-state index in [1.165, 1.54) is 17.2 Å². The number of carbonyl (C=O) groups excluding carboxylic acids is 1. The fourth-order valence-electron chi connectivity index (χ4n) is 2.78. The van der Waals surface area contributed by atoms with Gasteiger partial charge in [0.1, 0.15) is 23.6 Å². The van der Waals surface area contributed by atoms with Crippen molar-refractivity contribution in [1.29, 1.82) is 5.26 Å². The molecule has 1 unspecified atom stereocenters. The predicted molar refractivity (Wildman–Crippen MR) is 101 cm³/mol. The van der Waals surface area contributed by atoms with Crippen molar-refractivity contribution in [3.8, 4) is 6.07 Å². The molecule has 1 atom stereocenters.